The van der Waals surface area contributed by atoms with E-state index < -0.39 is 0 Å². The van der Waals surface area contributed by atoms with E-state index in [1.54, 1.807) is 4.70 Å². The van der Waals surface area contributed by atoms with E-state index in [1.165, 1.54) is 292 Å². The summed E-state index contributed by atoms with van der Waals surface area (Å²) in [6, 6.07) is 15.1. The Morgan fingerprint density at radius 1 is 0.270 bits per heavy atom. The number of nitrogens with zero attached hydrogens (tertiary/aromatic N) is 2. The van der Waals surface area contributed by atoms with Gasteiger partial charge < -0.3 is 5.53 Å². The average Bonchev–Trinajstić information content (AvgIpc) is 3.68. The normalized spacial score (nSPS) is 12.7. The van der Waals surface area contributed by atoms with E-state index in [4.69, 9.17) is 0 Å². The zero-order valence-corrected chi connectivity index (χ0v) is 52.5. The van der Waals surface area contributed by atoms with Crippen LogP contribution in [-0.4, -0.2) is 4.70 Å². The molecule has 2 nitrogen and oxygen atoms in total. The summed E-state index contributed by atoms with van der Waals surface area (Å²) in [4.78, 5) is 2.79. The molecule has 0 bridgehead atoms. The first-order valence-corrected chi connectivity index (χ1v) is 35.3. The summed E-state index contributed by atoms with van der Waals surface area (Å²) in [6.07, 6.45) is 59.1. The molecule has 428 valence electrons. The zero-order chi connectivity index (χ0) is 53.5. The standard InChI is InChI=1S/C67H114N2.2C2H5.Pd/c1-7-13-19-23-25-27-29-31-33-35-37-39-44-48-60-53-61(49-45-40-38-36-34-32-30-28-26-24-20-14-8-2)57-63(56-60)67-65(51-41-17-11-5)64(50-18-12-6)66(69(67)68)62-54-58(46-42-21-15-9-3)52-59(55-62)47-43-22-16-10-4;2*1-2;/h52-57H,7-51H2,1-6H3;2*1H2,2H3;. The molecular weight excluding hydrogens is 987 g/mol. The van der Waals surface area contributed by atoms with E-state index in [0.29, 0.717) is 0 Å². The van der Waals surface area contributed by atoms with Crippen LogP contribution in [0.2, 0.25) is 9.79 Å². The summed E-state index contributed by atoms with van der Waals surface area (Å²) < 4.78 is 1.72. The summed E-state index contributed by atoms with van der Waals surface area (Å²) in [5.74, 6) is 0. The quantitative estimate of drug-likeness (QED) is 0.0358. The van der Waals surface area contributed by atoms with Crippen molar-refractivity contribution < 1.29 is 22.7 Å². The van der Waals surface area contributed by atoms with E-state index in [1.807, 2.05) is 0 Å². The van der Waals surface area contributed by atoms with Crippen molar-refractivity contribution in [2.24, 2.45) is 0 Å². The second kappa shape index (κ2) is 48.3. The second-order valence-corrected chi connectivity index (χ2v) is 25.8. The molecule has 2 aromatic rings. The molecule has 0 aliphatic carbocycles. The maximum atomic E-state index is 12.9. The number of benzene rings is 2. The van der Waals surface area contributed by atoms with Gasteiger partial charge in [0.05, 0.1) is 0 Å². The van der Waals surface area contributed by atoms with Crippen molar-refractivity contribution in [3.05, 3.63) is 86.5 Å². The van der Waals surface area contributed by atoms with Gasteiger partial charge in [0.25, 0.3) is 0 Å². The van der Waals surface area contributed by atoms with Gasteiger partial charge in [0.1, 0.15) is 0 Å². The van der Waals surface area contributed by atoms with E-state index in [0.717, 1.165) is 80.7 Å². The van der Waals surface area contributed by atoms with Crippen LogP contribution >= 0.6 is 0 Å². The molecule has 1 heterocycles. The fraction of sp³-hybridized carbons (Fsp3) is 0.775. The van der Waals surface area contributed by atoms with Crippen LogP contribution in [0, 0.1) is 0 Å². The summed E-state index contributed by atoms with van der Waals surface area (Å²) in [5, 5.41) is 0. The third kappa shape index (κ3) is 31.6. The molecule has 3 rings (SSSR count). The fourth-order valence-electron chi connectivity index (χ4n) is 11.4. The first kappa shape index (κ1) is 68.3. The van der Waals surface area contributed by atoms with Gasteiger partial charge in [0.2, 0.25) is 11.4 Å². The van der Waals surface area contributed by atoms with Crippen LogP contribution in [0.4, 0.5) is 0 Å². The van der Waals surface area contributed by atoms with Crippen molar-refractivity contribution in [2.45, 2.75) is 354 Å². The molecule has 2 aromatic carbocycles. The molecule has 0 unspecified atom stereocenters. The Bertz CT molecular complexity index is 1630. The Balaban J connectivity index is 0.00000356. The number of rotatable bonds is 49. The molecule has 0 spiro atoms. The summed E-state index contributed by atoms with van der Waals surface area (Å²) >= 11 is 1.04. The SMILES string of the molecule is CCCCCCCCCCCCCCCc1cc(CCCCCCCCCCCCCCC)cc(C2=C(CCCCC)C(CCCC)=C(c3cc(CCCCCC)cc(CCCCCC)c3)[N+]2=[N-])c1.C[CH2][Pd][CH2]C. The molecule has 0 atom stereocenters. The molecule has 0 radical (unpaired) electrons. The van der Waals surface area contributed by atoms with Crippen LogP contribution in [0.15, 0.2) is 47.5 Å². The summed E-state index contributed by atoms with van der Waals surface area (Å²) in [6.45, 7) is 18.4. The van der Waals surface area contributed by atoms with Crippen molar-refractivity contribution >= 4 is 11.4 Å². The first-order valence-electron chi connectivity index (χ1n) is 33.1. The number of hydrogen-bond acceptors (Lipinski definition) is 0. The molecule has 1 aliphatic heterocycles. The fourth-order valence-corrected chi connectivity index (χ4v) is 12.2. The summed E-state index contributed by atoms with van der Waals surface area (Å²) in [7, 11) is 0. The third-order valence-electron chi connectivity index (χ3n) is 15.9. The molecule has 74 heavy (non-hydrogen) atoms. The predicted octanol–water partition coefficient (Wildman–Crippen LogP) is 25.1. The van der Waals surface area contributed by atoms with Gasteiger partial charge in [-0.3, -0.25) is 0 Å². The predicted molar refractivity (Wildman–Crippen MR) is 329 cm³/mol. The average molecular weight is 1110 g/mol. The Labute approximate surface area is 471 Å². The van der Waals surface area contributed by atoms with Gasteiger partial charge in [0, 0.05) is 22.3 Å². The zero-order valence-electron chi connectivity index (χ0n) is 50.9. The molecule has 0 N–H and O–H groups in total. The van der Waals surface area contributed by atoms with Crippen LogP contribution in [-0.2, 0) is 43.7 Å². The van der Waals surface area contributed by atoms with Crippen molar-refractivity contribution in [2.75, 3.05) is 0 Å². The van der Waals surface area contributed by atoms with Gasteiger partial charge in [0.15, 0.2) is 0 Å². The van der Waals surface area contributed by atoms with E-state index in [-0.39, 0.29) is 0 Å². The van der Waals surface area contributed by atoms with Crippen LogP contribution in [0.25, 0.3) is 16.9 Å². The molecular formula is C71H124N2Pd. The molecule has 0 saturated heterocycles. The first-order chi connectivity index (χ1) is 36.4. The molecule has 3 heteroatoms. The Hall–Kier alpha value is -1.82. The van der Waals surface area contributed by atoms with E-state index in [9.17, 15) is 5.53 Å². The molecule has 0 amide bonds. The third-order valence-corrected chi connectivity index (χ3v) is 17.5. The van der Waals surface area contributed by atoms with Gasteiger partial charge in [-0.1, -0.05) is 266 Å². The van der Waals surface area contributed by atoms with Crippen molar-refractivity contribution in [1.29, 1.82) is 0 Å². The van der Waals surface area contributed by atoms with Crippen LogP contribution < -0.4 is 0 Å². The van der Waals surface area contributed by atoms with Gasteiger partial charge in [-0.15, -0.1) is 0 Å². The number of unbranched alkanes of at least 4 members (excludes halogenated alkanes) is 33. The second-order valence-electron chi connectivity index (χ2n) is 22.8. The van der Waals surface area contributed by atoms with E-state index in [2.05, 4.69) is 91.8 Å². The van der Waals surface area contributed by atoms with Gasteiger partial charge in [-0.25, -0.2) is 4.70 Å². The van der Waals surface area contributed by atoms with Gasteiger partial charge >= 0.3 is 41.6 Å². The Morgan fingerprint density at radius 3 is 0.743 bits per heavy atom. The Kier molecular flexibility index (Phi) is 44.6. The Morgan fingerprint density at radius 2 is 0.486 bits per heavy atom. The molecule has 0 fully saturated rings. The number of hydrogen-bond donors (Lipinski definition) is 0. The van der Waals surface area contributed by atoms with E-state index >= 15 is 0 Å². The van der Waals surface area contributed by atoms with Crippen LogP contribution in [0.1, 0.15) is 352 Å². The number of allylic oxidation sites excluding steroid dienone is 2. The molecule has 1 aliphatic rings. The number of aryl methyl sites for hydroxylation is 4. The molecule has 0 saturated carbocycles. The van der Waals surface area contributed by atoms with Crippen LogP contribution in [0.5, 0.6) is 0 Å². The summed E-state index contributed by atoms with van der Waals surface area (Å²) in [5.41, 5.74) is 26.4. The van der Waals surface area contributed by atoms with Gasteiger partial charge in [-0.2, -0.15) is 0 Å². The van der Waals surface area contributed by atoms with Crippen LogP contribution in [0.3, 0.4) is 0 Å². The molecule has 0 aromatic heterocycles. The maximum absolute atomic E-state index is 12.9. The topological polar surface area (TPSA) is 25.3 Å². The van der Waals surface area contributed by atoms with Gasteiger partial charge in [-0.05, 0) is 124 Å². The minimum absolute atomic E-state index is 1.03. The van der Waals surface area contributed by atoms with Crippen molar-refractivity contribution in [3.63, 3.8) is 0 Å². The van der Waals surface area contributed by atoms with Crippen molar-refractivity contribution in [3.8, 4) is 0 Å². The minimum atomic E-state index is 1.03. The van der Waals surface area contributed by atoms with Crippen molar-refractivity contribution in [1.82, 2.24) is 0 Å². The monoisotopic (exact) mass is 1110 g/mol.